The third-order valence-electron chi connectivity index (χ3n) is 15.2. The minimum absolute atomic E-state index is 0.122. The molecular formula is C67H121NO10. The SMILES string of the molecule is CC/C=C/C=C/C=C\CCCCCCC(O)C(=O)NC(COC1OC(CO)C(O)C(O)C1OC(=O)CCCCCCCCCCCCCCCCC/C=C/CCCCCCCC)C(O)/C=C/CCCCCCCCCCCC. The molecule has 454 valence electrons. The van der Waals surface area contributed by atoms with Crippen molar-refractivity contribution in [2.45, 2.75) is 339 Å². The minimum atomic E-state index is -1.62. The molecule has 1 saturated heterocycles. The van der Waals surface area contributed by atoms with E-state index in [4.69, 9.17) is 14.2 Å². The van der Waals surface area contributed by atoms with Gasteiger partial charge in [0.05, 0.1) is 25.4 Å². The van der Waals surface area contributed by atoms with Gasteiger partial charge in [-0.15, -0.1) is 0 Å². The van der Waals surface area contributed by atoms with Gasteiger partial charge in [-0.3, -0.25) is 9.59 Å². The molecule has 1 aliphatic heterocycles. The third kappa shape index (κ3) is 42.2. The fourth-order valence-corrected chi connectivity index (χ4v) is 10.1. The van der Waals surface area contributed by atoms with Gasteiger partial charge < -0.3 is 45.1 Å². The van der Waals surface area contributed by atoms with Gasteiger partial charge in [-0.05, 0) is 70.6 Å². The van der Waals surface area contributed by atoms with E-state index in [0.717, 1.165) is 70.6 Å². The van der Waals surface area contributed by atoms with E-state index in [-0.39, 0.29) is 19.4 Å². The van der Waals surface area contributed by atoms with E-state index in [2.05, 4.69) is 50.4 Å². The number of rotatable bonds is 55. The lowest BCUT2D eigenvalue weighted by Gasteiger charge is -2.41. The Bertz CT molecular complexity index is 1500. The van der Waals surface area contributed by atoms with Gasteiger partial charge in [-0.1, -0.05) is 274 Å². The molecule has 1 fully saturated rings. The van der Waals surface area contributed by atoms with Crippen molar-refractivity contribution < 1.29 is 49.3 Å². The lowest BCUT2D eigenvalue weighted by molar-refractivity contribution is -0.305. The van der Waals surface area contributed by atoms with Crippen LogP contribution in [-0.4, -0.2) is 99.6 Å². The van der Waals surface area contributed by atoms with E-state index in [1.54, 1.807) is 6.08 Å². The molecule has 11 nitrogen and oxygen atoms in total. The zero-order valence-corrected chi connectivity index (χ0v) is 50.3. The number of carbonyl (C=O) groups is 2. The van der Waals surface area contributed by atoms with Crippen molar-refractivity contribution in [3.05, 3.63) is 60.8 Å². The highest BCUT2D eigenvalue weighted by atomic mass is 16.7. The van der Waals surface area contributed by atoms with Gasteiger partial charge in [0.15, 0.2) is 12.4 Å². The van der Waals surface area contributed by atoms with Crippen LogP contribution in [0.1, 0.15) is 290 Å². The second kappa shape index (κ2) is 54.9. The maximum absolute atomic E-state index is 13.4. The highest BCUT2D eigenvalue weighted by Crippen LogP contribution is 2.26. The Balaban J connectivity index is 2.57. The molecule has 0 saturated carbocycles. The highest BCUT2D eigenvalue weighted by molar-refractivity contribution is 5.80. The quantitative estimate of drug-likeness (QED) is 0.0149. The van der Waals surface area contributed by atoms with E-state index in [1.165, 1.54) is 173 Å². The molecule has 1 rings (SSSR count). The van der Waals surface area contributed by atoms with Crippen LogP contribution >= 0.6 is 0 Å². The monoisotopic (exact) mass is 1100 g/mol. The summed E-state index contributed by atoms with van der Waals surface area (Å²) in [6.45, 7) is 5.65. The van der Waals surface area contributed by atoms with Crippen molar-refractivity contribution in [1.29, 1.82) is 0 Å². The molecule has 0 aromatic carbocycles. The maximum Gasteiger partial charge on any atom is 0.306 e. The molecule has 0 aromatic rings. The summed E-state index contributed by atoms with van der Waals surface area (Å²) < 4.78 is 17.6. The second-order valence-corrected chi connectivity index (χ2v) is 22.5. The van der Waals surface area contributed by atoms with E-state index in [1.807, 2.05) is 30.4 Å². The molecule has 1 aliphatic rings. The van der Waals surface area contributed by atoms with Gasteiger partial charge in [0.1, 0.15) is 24.4 Å². The maximum atomic E-state index is 13.4. The summed E-state index contributed by atoms with van der Waals surface area (Å²) >= 11 is 0. The van der Waals surface area contributed by atoms with Crippen molar-refractivity contribution in [3.63, 3.8) is 0 Å². The number of hydrogen-bond acceptors (Lipinski definition) is 10. The number of ether oxygens (including phenoxy) is 3. The molecule has 1 amide bonds. The Labute approximate surface area is 478 Å². The number of nitrogens with one attached hydrogen (secondary N) is 1. The molecule has 11 heteroatoms. The molecule has 0 aliphatic carbocycles. The van der Waals surface area contributed by atoms with Gasteiger partial charge in [-0.25, -0.2) is 0 Å². The van der Waals surface area contributed by atoms with Crippen molar-refractivity contribution in [3.8, 4) is 0 Å². The molecule has 8 unspecified atom stereocenters. The van der Waals surface area contributed by atoms with E-state index in [0.29, 0.717) is 12.8 Å². The minimum Gasteiger partial charge on any atom is -0.454 e. The first-order valence-corrected chi connectivity index (χ1v) is 32.6. The van der Waals surface area contributed by atoms with Crippen LogP contribution in [0.4, 0.5) is 0 Å². The van der Waals surface area contributed by atoms with Crippen LogP contribution in [0.25, 0.3) is 0 Å². The Morgan fingerprint density at radius 2 is 0.936 bits per heavy atom. The molecule has 8 atom stereocenters. The average Bonchev–Trinajstić information content (AvgIpc) is 3.45. The van der Waals surface area contributed by atoms with Gasteiger partial charge >= 0.3 is 5.97 Å². The number of allylic oxidation sites excluding steroid dienone is 9. The first kappa shape index (κ1) is 73.4. The van der Waals surface area contributed by atoms with Crippen molar-refractivity contribution in [2.75, 3.05) is 13.2 Å². The summed E-state index contributed by atoms with van der Waals surface area (Å²) in [5.41, 5.74) is 0. The fraction of sp³-hybridized carbons (Fsp3) is 0.821. The van der Waals surface area contributed by atoms with Crippen LogP contribution in [0.15, 0.2) is 60.8 Å². The summed E-state index contributed by atoms with van der Waals surface area (Å²) in [6.07, 6.45) is 58.5. The molecule has 0 spiro atoms. The van der Waals surface area contributed by atoms with E-state index >= 15 is 0 Å². The first-order chi connectivity index (χ1) is 38.2. The molecular weight excluding hydrogens is 979 g/mol. The van der Waals surface area contributed by atoms with Gasteiger partial charge in [0.2, 0.25) is 5.91 Å². The third-order valence-corrected chi connectivity index (χ3v) is 15.2. The average molecular weight is 1100 g/mol. The number of unbranched alkanes of at least 4 members (excludes halogenated alkanes) is 35. The molecule has 6 N–H and O–H groups in total. The Kier molecular flexibility index (Phi) is 51.7. The number of aliphatic hydroxyl groups is 5. The van der Waals surface area contributed by atoms with E-state index in [9.17, 15) is 35.1 Å². The van der Waals surface area contributed by atoms with E-state index < -0.39 is 67.4 Å². The first-order valence-electron chi connectivity index (χ1n) is 32.6. The van der Waals surface area contributed by atoms with Crippen molar-refractivity contribution in [2.24, 2.45) is 0 Å². The van der Waals surface area contributed by atoms with Crippen LogP contribution in [0.5, 0.6) is 0 Å². The summed E-state index contributed by atoms with van der Waals surface area (Å²) in [6, 6.07) is -1.03. The zero-order valence-electron chi connectivity index (χ0n) is 50.3. The predicted molar refractivity (Wildman–Crippen MR) is 324 cm³/mol. The number of carbonyl (C=O) groups excluding carboxylic acids is 2. The lowest BCUT2D eigenvalue weighted by Crippen LogP contribution is -2.61. The van der Waals surface area contributed by atoms with Crippen LogP contribution in [0.2, 0.25) is 0 Å². The smallest absolute Gasteiger partial charge is 0.306 e. The molecule has 0 aromatic heterocycles. The summed E-state index contributed by atoms with van der Waals surface area (Å²) in [4.78, 5) is 26.5. The zero-order chi connectivity index (χ0) is 56.8. The largest absolute Gasteiger partial charge is 0.454 e. The molecule has 0 bridgehead atoms. The summed E-state index contributed by atoms with van der Waals surface area (Å²) in [7, 11) is 0. The number of esters is 1. The van der Waals surface area contributed by atoms with Gasteiger partial charge in [-0.2, -0.15) is 0 Å². The van der Waals surface area contributed by atoms with Crippen LogP contribution in [-0.2, 0) is 23.8 Å². The second-order valence-electron chi connectivity index (χ2n) is 22.5. The van der Waals surface area contributed by atoms with Crippen LogP contribution in [0.3, 0.4) is 0 Å². The Morgan fingerprint density at radius 1 is 0.513 bits per heavy atom. The lowest BCUT2D eigenvalue weighted by atomic mass is 9.99. The fourth-order valence-electron chi connectivity index (χ4n) is 10.1. The number of hydrogen-bond donors (Lipinski definition) is 6. The summed E-state index contributed by atoms with van der Waals surface area (Å²) in [5.74, 6) is -1.21. The van der Waals surface area contributed by atoms with Crippen molar-refractivity contribution in [1.82, 2.24) is 5.32 Å². The standard InChI is InChI=1S/C67H121NO10/c1-4-7-10-13-16-19-22-25-26-27-28-29-30-31-32-33-34-35-36-37-40-43-46-49-52-55-62(72)78-65-64(74)63(73)61(56-69)77-67(65)76-57-58(59(70)53-50-47-44-41-38-23-20-17-14-11-8-5-2)68-66(75)60(71)54-51-48-45-42-39-24-21-18-15-12-9-6-3/h9,12,15,18,21,24-26,50,53,58-61,63-65,67,69-71,73-74H,4-8,10-11,13-14,16-17,19-20,22-23,27-49,51-52,54-57H2,1-3H3,(H,68,75)/b12-9+,18-15+,24-21-,26-25+,53-50+. The van der Waals surface area contributed by atoms with Crippen LogP contribution in [0, 0.1) is 0 Å². The number of aliphatic hydroxyl groups excluding tert-OH is 5. The Hall–Kier alpha value is -2.64. The molecule has 78 heavy (non-hydrogen) atoms. The normalized spacial score (nSPS) is 19.3. The highest BCUT2D eigenvalue weighted by Gasteiger charge is 2.47. The topological polar surface area (TPSA) is 175 Å². The predicted octanol–water partition coefficient (Wildman–Crippen LogP) is 15.8. The van der Waals surface area contributed by atoms with Gasteiger partial charge in [0.25, 0.3) is 0 Å². The number of amides is 1. The van der Waals surface area contributed by atoms with Crippen LogP contribution < -0.4 is 5.32 Å². The van der Waals surface area contributed by atoms with Crippen molar-refractivity contribution >= 4 is 11.9 Å². The Morgan fingerprint density at radius 3 is 1.41 bits per heavy atom. The summed E-state index contributed by atoms with van der Waals surface area (Å²) in [5, 5.41) is 56.9. The molecule has 0 radical (unpaired) electrons. The van der Waals surface area contributed by atoms with Gasteiger partial charge in [0, 0.05) is 6.42 Å². The molecule has 1 heterocycles.